The standard InChI is InChI=1S/C23H23NO5/c1-14-18-10-7-16(13-27-22(26)17-8-5-15(12-24)6-9-17)4-3-11-23(2)20(29-23)19(18)28-21(14)25/h4-6,8-9,18-20H,1,3,7,10-11,13H2,2H3/t18-,19-,20-,23+/m0/s1. The second kappa shape index (κ2) is 7.49. The summed E-state index contributed by atoms with van der Waals surface area (Å²) in [5.74, 6) is -0.841. The molecule has 29 heavy (non-hydrogen) atoms. The van der Waals surface area contributed by atoms with E-state index in [1.165, 1.54) is 0 Å². The van der Waals surface area contributed by atoms with Crippen molar-refractivity contribution >= 4 is 11.9 Å². The minimum Gasteiger partial charge on any atom is -0.458 e. The number of carbonyl (C=O) groups excluding carboxylic acids is 2. The fraction of sp³-hybridized carbons (Fsp3) is 0.435. The molecule has 2 aliphatic heterocycles. The maximum atomic E-state index is 12.3. The molecule has 4 rings (SSSR count). The molecular formula is C23H23NO5. The molecule has 150 valence electrons. The van der Waals surface area contributed by atoms with Gasteiger partial charge in [-0.25, -0.2) is 9.59 Å². The first kappa shape index (κ1) is 19.4. The normalized spacial score (nSPS) is 30.9. The predicted molar refractivity (Wildman–Crippen MR) is 104 cm³/mol. The molecule has 2 saturated heterocycles. The van der Waals surface area contributed by atoms with E-state index >= 15 is 0 Å². The van der Waals surface area contributed by atoms with Gasteiger partial charge in [0.05, 0.1) is 22.8 Å². The maximum absolute atomic E-state index is 12.3. The van der Waals surface area contributed by atoms with E-state index < -0.39 is 5.97 Å². The van der Waals surface area contributed by atoms with Crippen molar-refractivity contribution < 1.29 is 23.8 Å². The van der Waals surface area contributed by atoms with E-state index in [0.29, 0.717) is 29.5 Å². The number of carbonyl (C=O) groups is 2. The number of hydrogen-bond donors (Lipinski definition) is 0. The van der Waals surface area contributed by atoms with E-state index in [9.17, 15) is 9.59 Å². The highest BCUT2D eigenvalue weighted by molar-refractivity contribution is 5.91. The zero-order chi connectivity index (χ0) is 20.6. The average molecular weight is 393 g/mol. The molecule has 0 saturated carbocycles. The Labute approximate surface area is 169 Å². The van der Waals surface area contributed by atoms with Crippen LogP contribution >= 0.6 is 0 Å². The Balaban J connectivity index is 1.43. The Morgan fingerprint density at radius 1 is 1.38 bits per heavy atom. The highest BCUT2D eigenvalue weighted by atomic mass is 16.6. The van der Waals surface area contributed by atoms with Gasteiger partial charge in [-0.2, -0.15) is 5.26 Å². The van der Waals surface area contributed by atoms with Gasteiger partial charge in [0, 0.05) is 11.5 Å². The molecule has 1 aromatic carbocycles. The number of hydrogen-bond acceptors (Lipinski definition) is 6. The second-order valence-corrected chi connectivity index (χ2v) is 8.06. The third-order valence-electron chi connectivity index (χ3n) is 6.08. The van der Waals surface area contributed by atoms with Crippen molar-refractivity contribution in [3.63, 3.8) is 0 Å². The number of benzene rings is 1. The van der Waals surface area contributed by atoms with E-state index in [4.69, 9.17) is 19.5 Å². The molecule has 2 fully saturated rings. The third-order valence-corrected chi connectivity index (χ3v) is 6.08. The third kappa shape index (κ3) is 3.83. The van der Waals surface area contributed by atoms with Crippen molar-refractivity contribution in [2.24, 2.45) is 5.92 Å². The van der Waals surface area contributed by atoms with Crippen molar-refractivity contribution in [2.75, 3.05) is 6.61 Å². The van der Waals surface area contributed by atoms with Crippen molar-refractivity contribution in [3.05, 3.63) is 59.2 Å². The number of allylic oxidation sites excluding steroid dienone is 1. The molecule has 0 aromatic heterocycles. The largest absolute Gasteiger partial charge is 0.458 e. The minimum atomic E-state index is -0.424. The van der Waals surface area contributed by atoms with Crippen LogP contribution in [0.2, 0.25) is 0 Å². The summed E-state index contributed by atoms with van der Waals surface area (Å²) in [4.78, 5) is 24.3. The summed E-state index contributed by atoms with van der Waals surface area (Å²) >= 11 is 0. The van der Waals surface area contributed by atoms with Crippen LogP contribution in [0.3, 0.4) is 0 Å². The predicted octanol–water partition coefficient (Wildman–Crippen LogP) is 3.47. The zero-order valence-electron chi connectivity index (χ0n) is 16.3. The van der Waals surface area contributed by atoms with Gasteiger partial charge in [0.25, 0.3) is 0 Å². The quantitative estimate of drug-likeness (QED) is 0.338. The molecule has 1 aromatic rings. The topological polar surface area (TPSA) is 88.9 Å². The summed E-state index contributed by atoms with van der Waals surface area (Å²) in [5, 5.41) is 8.85. The second-order valence-electron chi connectivity index (χ2n) is 8.06. The number of nitriles is 1. The van der Waals surface area contributed by atoms with Crippen LogP contribution in [0.5, 0.6) is 0 Å². The number of rotatable bonds is 3. The summed E-state index contributed by atoms with van der Waals surface area (Å²) < 4.78 is 16.9. The van der Waals surface area contributed by atoms with Crippen molar-refractivity contribution in [1.82, 2.24) is 0 Å². The fourth-order valence-corrected chi connectivity index (χ4v) is 4.17. The maximum Gasteiger partial charge on any atom is 0.338 e. The first-order valence-electron chi connectivity index (χ1n) is 9.84. The number of esters is 2. The van der Waals surface area contributed by atoms with E-state index in [1.54, 1.807) is 24.3 Å². The van der Waals surface area contributed by atoms with Crippen LogP contribution in [0.1, 0.15) is 48.5 Å². The zero-order valence-corrected chi connectivity index (χ0v) is 16.3. The van der Waals surface area contributed by atoms with E-state index in [0.717, 1.165) is 18.4 Å². The number of ether oxygens (including phenoxy) is 3. The van der Waals surface area contributed by atoms with Crippen molar-refractivity contribution in [3.8, 4) is 6.07 Å². The van der Waals surface area contributed by atoms with Gasteiger partial charge in [-0.05, 0) is 62.4 Å². The van der Waals surface area contributed by atoms with Crippen LogP contribution in [-0.4, -0.2) is 36.4 Å². The van der Waals surface area contributed by atoms with Gasteiger partial charge in [0.15, 0.2) is 0 Å². The summed E-state index contributed by atoms with van der Waals surface area (Å²) in [5.41, 5.74) is 2.14. The van der Waals surface area contributed by atoms with Gasteiger partial charge in [-0.1, -0.05) is 12.7 Å². The van der Waals surface area contributed by atoms with Gasteiger partial charge in [-0.3, -0.25) is 0 Å². The average Bonchev–Trinajstić information content (AvgIpc) is 3.32. The lowest BCUT2D eigenvalue weighted by atomic mass is 9.84. The highest BCUT2D eigenvalue weighted by Crippen LogP contribution is 2.49. The highest BCUT2D eigenvalue weighted by Gasteiger charge is 2.61. The Morgan fingerprint density at radius 3 is 2.86 bits per heavy atom. The molecule has 0 radical (unpaired) electrons. The van der Waals surface area contributed by atoms with Crippen molar-refractivity contribution in [1.29, 1.82) is 5.26 Å². The molecule has 0 N–H and O–H groups in total. The molecule has 6 nitrogen and oxygen atoms in total. The molecule has 0 spiro atoms. The summed E-state index contributed by atoms with van der Waals surface area (Å²) in [6.07, 6.45) is 4.78. The van der Waals surface area contributed by atoms with Crippen LogP contribution < -0.4 is 0 Å². The minimum absolute atomic E-state index is 0.0696. The molecule has 1 aliphatic carbocycles. The van der Waals surface area contributed by atoms with Crippen molar-refractivity contribution in [2.45, 2.75) is 50.4 Å². The van der Waals surface area contributed by atoms with Gasteiger partial charge >= 0.3 is 11.9 Å². The molecule has 3 aliphatic rings. The van der Waals surface area contributed by atoms with Crippen LogP contribution in [-0.2, 0) is 19.0 Å². The summed E-state index contributed by atoms with van der Waals surface area (Å²) in [6.45, 7) is 6.16. The number of nitrogens with zero attached hydrogens (tertiary/aromatic N) is 1. The van der Waals surface area contributed by atoms with Gasteiger partial charge in [0.2, 0.25) is 0 Å². The molecule has 4 atom stereocenters. The lowest BCUT2D eigenvalue weighted by Crippen LogP contribution is -2.29. The van der Waals surface area contributed by atoms with Crippen LogP contribution in [0.4, 0.5) is 0 Å². The molecule has 6 heteroatoms. The van der Waals surface area contributed by atoms with Crippen LogP contribution in [0, 0.1) is 17.2 Å². The monoisotopic (exact) mass is 393 g/mol. The Kier molecular flexibility index (Phi) is 5.01. The Hall–Kier alpha value is -2.91. The summed E-state index contributed by atoms with van der Waals surface area (Å²) in [7, 11) is 0. The molecule has 0 amide bonds. The molecule has 2 heterocycles. The Bertz CT molecular complexity index is 926. The smallest absolute Gasteiger partial charge is 0.338 e. The fourth-order valence-electron chi connectivity index (χ4n) is 4.17. The van der Waals surface area contributed by atoms with Crippen LogP contribution in [0.15, 0.2) is 48.1 Å². The van der Waals surface area contributed by atoms with Gasteiger partial charge < -0.3 is 14.2 Å². The first-order valence-corrected chi connectivity index (χ1v) is 9.84. The Morgan fingerprint density at radius 2 is 2.14 bits per heavy atom. The molecule has 0 unspecified atom stereocenters. The summed E-state index contributed by atoms with van der Waals surface area (Å²) in [6, 6.07) is 8.38. The lowest BCUT2D eigenvalue weighted by Gasteiger charge is -2.20. The SMILES string of the molecule is C=C1C(=O)O[C@H]2[C@H]1CCC(COC(=O)c1ccc(C#N)cc1)=CCC[C@@]1(C)O[C@@H]21. The number of fused-ring (bicyclic) bond motifs is 3. The lowest BCUT2D eigenvalue weighted by molar-refractivity contribution is -0.140. The number of epoxide rings is 1. The first-order chi connectivity index (χ1) is 13.9. The van der Waals surface area contributed by atoms with E-state index in [-0.39, 0.29) is 36.3 Å². The molecular weight excluding hydrogens is 370 g/mol. The van der Waals surface area contributed by atoms with Gasteiger partial charge in [-0.15, -0.1) is 0 Å². The molecule has 0 bridgehead atoms. The van der Waals surface area contributed by atoms with Gasteiger partial charge in [0.1, 0.15) is 18.8 Å². The van der Waals surface area contributed by atoms with E-state index in [2.05, 4.69) is 12.7 Å². The van der Waals surface area contributed by atoms with E-state index in [1.807, 2.05) is 13.0 Å². The van der Waals surface area contributed by atoms with Crippen LogP contribution in [0.25, 0.3) is 0 Å².